The van der Waals surface area contributed by atoms with Gasteiger partial charge in [0.15, 0.2) is 0 Å². The lowest BCUT2D eigenvalue weighted by Crippen LogP contribution is -2.44. The molecule has 20 heavy (non-hydrogen) atoms. The Morgan fingerprint density at radius 3 is 2.75 bits per heavy atom. The molecule has 0 aliphatic carbocycles. The van der Waals surface area contributed by atoms with E-state index >= 15 is 0 Å². The average Bonchev–Trinajstić information content (AvgIpc) is 2.88. The number of rotatable bonds is 9. The third-order valence-electron chi connectivity index (χ3n) is 3.16. The van der Waals surface area contributed by atoms with Gasteiger partial charge >= 0.3 is 0 Å². The standard InChI is InChI=1S/C13H25N3O4/c1-3-14-11-9-20-8-10(11)13(18)16-5-4-12(17)15-6-7-19-2/h10-11,14H,3-9H2,1-2H3,(H,15,17)(H,16,18). The maximum absolute atomic E-state index is 12.0. The van der Waals surface area contributed by atoms with Crippen molar-refractivity contribution in [2.45, 2.75) is 19.4 Å². The monoisotopic (exact) mass is 287 g/mol. The molecule has 1 aliphatic heterocycles. The summed E-state index contributed by atoms with van der Waals surface area (Å²) in [7, 11) is 1.58. The minimum atomic E-state index is -0.175. The fourth-order valence-corrected chi connectivity index (χ4v) is 2.09. The number of likely N-dealkylation sites (N-methyl/N-ethyl adjacent to an activating group) is 1. The first-order chi connectivity index (χ1) is 9.69. The van der Waals surface area contributed by atoms with Crippen molar-refractivity contribution in [3.05, 3.63) is 0 Å². The summed E-state index contributed by atoms with van der Waals surface area (Å²) in [5, 5.41) is 8.72. The molecule has 0 aromatic rings. The van der Waals surface area contributed by atoms with E-state index in [1.54, 1.807) is 7.11 Å². The van der Waals surface area contributed by atoms with Crippen LogP contribution in [0.15, 0.2) is 0 Å². The number of ether oxygens (including phenoxy) is 2. The van der Waals surface area contributed by atoms with E-state index in [9.17, 15) is 9.59 Å². The van der Waals surface area contributed by atoms with Crippen LogP contribution in [0.1, 0.15) is 13.3 Å². The largest absolute Gasteiger partial charge is 0.383 e. The minimum Gasteiger partial charge on any atom is -0.383 e. The molecule has 1 rings (SSSR count). The highest BCUT2D eigenvalue weighted by Crippen LogP contribution is 2.13. The number of carbonyl (C=O) groups excluding carboxylic acids is 2. The number of hydrogen-bond donors (Lipinski definition) is 3. The molecule has 0 spiro atoms. The van der Waals surface area contributed by atoms with Crippen LogP contribution in [0.3, 0.4) is 0 Å². The summed E-state index contributed by atoms with van der Waals surface area (Å²) in [5.74, 6) is -0.321. The Hall–Kier alpha value is -1.18. The minimum absolute atomic E-state index is 0.0573. The molecular formula is C13H25N3O4. The molecule has 0 aromatic heterocycles. The van der Waals surface area contributed by atoms with Gasteiger partial charge in [-0.15, -0.1) is 0 Å². The van der Waals surface area contributed by atoms with Gasteiger partial charge < -0.3 is 25.4 Å². The molecule has 2 unspecified atom stereocenters. The van der Waals surface area contributed by atoms with Gasteiger partial charge in [0.1, 0.15) is 0 Å². The average molecular weight is 287 g/mol. The summed E-state index contributed by atoms with van der Waals surface area (Å²) >= 11 is 0. The van der Waals surface area contributed by atoms with Crippen molar-refractivity contribution in [2.75, 3.05) is 46.6 Å². The van der Waals surface area contributed by atoms with Crippen LogP contribution in [0.2, 0.25) is 0 Å². The van der Waals surface area contributed by atoms with E-state index in [-0.39, 0.29) is 30.2 Å². The highest BCUT2D eigenvalue weighted by Gasteiger charge is 2.33. The molecule has 2 amide bonds. The van der Waals surface area contributed by atoms with Crippen molar-refractivity contribution in [1.82, 2.24) is 16.0 Å². The van der Waals surface area contributed by atoms with Crippen LogP contribution in [0.5, 0.6) is 0 Å². The van der Waals surface area contributed by atoms with Crippen molar-refractivity contribution in [1.29, 1.82) is 0 Å². The van der Waals surface area contributed by atoms with Crippen molar-refractivity contribution in [3.8, 4) is 0 Å². The van der Waals surface area contributed by atoms with Gasteiger partial charge in [-0.3, -0.25) is 9.59 Å². The quantitative estimate of drug-likeness (QED) is 0.468. The second kappa shape index (κ2) is 9.68. The molecule has 0 radical (unpaired) electrons. The van der Waals surface area contributed by atoms with Gasteiger partial charge in [-0.1, -0.05) is 6.92 Å². The van der Waals surface area contributed by atoms with E-state index < -0.39 is 0 Å². The molecule has 1 fully saturated rings. The van der Waals surface area contributed by atoms with Crippen molar-refractivity contribution in [2.24, 2.45) is 5.92 Å². The molecule has 0 bridgehead atoms. The van der Waals surface area contributed by atoms with Crippen LogP contribution in [0, 0.1) is 5.92 Å². The van der Waals surface area contributed by atoms with E-state index in [2.05, 4.69) is 16.0 Å². The fraction of sp³-hybridized carbons (Fsp3) is 0.846. The first-order valence-electron chi connectivity index (χ1n) is 7.03. The van der Waals surface area contributed by atoms with Crippen molar-refractivity contribution >= 4 is 11.8 Å². The first-order valence-corrected chi connectivity index (χ1v) is 7.03. The van der Waals surface area contributed by atoms with Crippen LogP contribution in [0.25, 0.3) is 0 Å². The third kappa shape index (κ3) is 5.85. The maximum Gasteiger partial charge on any atom is 0.227 e. The predicted octanol–water partition coefficient (Wildman–Crippen LogP) is -1.12. The van der Waals surface area contributed by atoms with E-state index in [0.717, 1.165) is 6.54 Å². The third-order valence-corrected chi connectivity index (χ3v) is 3.16. The number of nitrogens with one attached hydrogen (secondary N) is 3. The number of carbonyl (C=O) groups is 2. The second-order valence-electron chi connectivity index (χ2n) is 4.69. The summed E-state index contributed by atoms with van der Waals surface area (Å²) in [6, 6.07) is 0.0653. The first kappa shape index (κ1) is 16.9. The molecule has 1 saturated heterocycles. The zero-order chi connectivity index (χ0) is 14.8. The van der Waals surface area contributed by atoms with Gasteiger partial charge in [0.05, 0.1) is 25.7 Å². The second-order valence-corrected chi connectivity index (χ2v) is 4.69. The number of amides is 2. The van der Waals surface area contributed by atoms with Crippen LogP contribution in [-0.4, -0.2) is 64.4 Å². The normalized spacial score (nSPS) is 21.7. The van der Waals surface area contributed by atoms with Crippen molar-refractivity contribution < 1.29 is 19.1 Å². The van der Waals surface area contributed by atoms with Gasteiger partial charge in [-0.25, -0.2) is 0 Å². The Kier molecular flexibility index (Phi) is 8.17. The van der Waals surface area contributed by atoms with Crippen LogP contribution >= 0.6 is 0 Å². The Morgan fingerprint density at radius 2 is 2.05 bits per heavy atom. The summed E-state index contributed by atoms with van der Waals surface area (Å²) in [6.45, 7) is 5.11. The summed E-state index contributed by atoms with van der Waals surface area (Å²) in [5.41, 5.74) is 0. The number of methoxy groups -OCH3 is 1. The smallest absolute Gasteiger partial charge is 0.227 e. The fourth-order valence-electron chi connectivity index (χ4n) is 2.09. The lowest BCUT2D eigenvalue weighted by molar-refractivity contribution is -0.125. The molecule has 1 heterocycles. The molecule has 0 aromatic carbocycles. The lowest BCUT2D eigenvalue weighted by Gasteiger charge is -2.17. The summed E-state index contributed by atoms with van der Waals surface area (Å²) in [4.78, 5) is 23.4. The highest BCUT2D eigenvalue weighted by molar-refractivity contribution is 5.81. The topological polar surface area (TPSA) is 88.7 Å². The van der Waals surface area contributed by atoms with E-state index in [0.29, 0.717) is 32.9 Å². The highest BCUT2D eigenvalue weighted by atomic mass is 16.5. The van der Waals surface area contributed by atoms with Gasteiger partial charge in [-0.2, -0.15) is 0 Å². The van der Waals surface area contributed by atoms with E-state index in [1.807, 2.05) is 6.92 Å². The van der Waals surface area contributed by atoms with Crippen LogP contribution in [-0.2, 0) is 19.1 Å². The van der Waals surface area contributed by atoms with E-state index in [1.165, 1.54) is 0 Å². The van der Waals surface area contributed by atoms with Gasteiger partial charge in [0.2, 0.25) is 11.8 Å². The zero-order valence-electron chi connectivity index (χ0n) is 12.2. The maximum atomic E-state index is 12.0. The molecule has 3 N–H and O–H groups in total. The Labute approximate surface area is 119 Å². The predicted molar refractivity (Wildman–Crippen MR) is 74.3 cm³/mol. The molecule has 1 aliphatic rings. The summed E-state index contributed by atoms with van der Waals surface area (Å²) < 4.78 is 10.2. The molecule has 7 nitrogen and oxygen atoms in total. The molecule has 7 heteroatoms. The Balaban J connectivity index is 2.17. The lowest BCUT2D eigenvalue weighted by atomic mass is 10.0. The van der Waals surface area contributed by atoms with Gasteiger partial charge in [0.25, 0.3) is 0 Å². The summed E-state index contributed by atoms with van der Waals surface area (Å²) in [6.07, 6.45) is 0.273. The molecular weight excluding hydrogens is 262 g/mol. The SMILES string of the molecule is CCNC1COCC1C(=O)NCCC(=O)NCCOC. The van der Waals surface area contributed by atoms with Gasteiger partial charge in [-0.05, 0) is 6.54 Å². The van der Waals surface area contributed by atoms with Crippen molar-refractivity contribution in [3.63, 3.8) is 0 Å². The van der Waals surface area contributed by atoms with Crippen LogP contribution < -0.4 is 16.0 Å². The Bertz CT molecular complexity index is 312. The van der Waals surface area contributed by atoms with Crippen LogP contribution in [0.4, 0.5) is 0 Å². The number of hydrogen-bond acceptors (Lipinski definition) is 5. The molecule has 0 saturated carbocycles. The molecule has 116 valence electrons. The van der Waals surface area contributed by atoms with Gasteiger partial charge in [0, 0.05) is 32.7 Å². The van der Waals surface area contributed by atoms with E-state index in [4.69, 9.17) is 9.47 Å². The molecule has 2 atom stereocenters. The zero-order valence-corrected chi connectivity index (χ0v) is 12.2. The Morgan fingerprint density at radius 1 is 1.25 bits per heavy atom.